The Kier molecular flexibility index (Phi) is 5.79. The van der Waals surface area contributed by atoms with Crippen molar-refractivity contribution in [2.24, 2.45) is 0 Å². The first-order chi connectivity index (χ1) is 14.0. The molecule has 2 atom stereocenters. The van der Waals surface area contributed by atoms with Crippen LogP contribution in [0.15, 0.2) is 48.5 Å². The average molecular weight is 413 g/mol. The maximum Gasteiger partial charge on any atom is 0.270 e. The van der Waals surface area contributed by atoms with E-state index < -0.39 is 11.9 Å². The molecule has 1 amide bonds. The van der Waals surface area contributed by atoms with E-state index in [-0.39, 0.29) is 17.0 Å². The summed E-state index contributed by atoms with van der Waals surface area (Å²) in [5, 5.41) is 14.1. The van der Waals surface area contributed by atoms with Gasteiger partial charge in [0.05, 0.1) is 22.7 Å². The molecule has 1 saturated carbocycles. The highest BCUT2D eigenvalue weighted by Gasteiger charge is 2.25. The van der Waals surface area contributed by atoms with Gasteiger partial charge < -0.3 is 10.4 Å². The molecule has 0 aliphatic heterocycles. The summed E-state index contributed by atoms with van der Waals surface area (Å²) < 4.78 is 13.9. The number of para-hydroxylation sites is 1. The molecule has 1 heterocycles. The van der Waals surface area contributed by atoms with E-state index in [4.69, 9.17) is 11.6 Å². The molecule has 150 valence electrons. The van der Waals surface area contributed by atoms with Crippen LogP contribution in [0.5, 0.6) is 0 Å². The highest BCUT2D eigenvalue weighted by Crippen LogP contribution is 2.24. The molecule has 0 spiro atoms. The van der Waals surface area contributed by atoms with Gasteiger partial charge in [-0.05, 0) is 54.7 Å². The lowest BCUT2D eigenvalue weighted by Gasteiger charge is -2.28. The smallest absolute Gasteiger partial charge is 0.270 e. The molecular formula is C23H22ClFN2O2. The van der Waals surface area contributed by atoms with Gasteiger partial charge in [-0.2, -0.15) is 0 Å². The number of hydrogen-bond donors (Lipinski definition) is 2. The Bertz CT molecular complexity index is 1060. The van der Waals surface area contributed by atoms with Crippen molar-refractivity contribution in [3.8, 4) is 0 Å². The van der Waals surface area contributed by atoms with Crippen LogP contribution in [-0.4, -0.2) is 28.1 Å². The Morgan fingerprint density at radius 1 is 1.17 bits per heavy atom. The zero-order chi connectivity index (χ0) is 20.4. The number of pyridine rings is 1. The number of hydrogen-bond acceptors (Lipinski definition) is 3. The Morgan fingerprint density at radius 2 is 1.97 bits per heavy atom. The van der Waals surface area contributed by atoms with E-state index in [0.717, 1.165) is 35.8 Å². The van der Waals surface area contributed by atoms with Crippen LogP contribution < -0.4 is 5.32 Å². The molecular weight excluding hydrogens is 391 g/mol. The number of nitrogens with one attached hydrogen (secondary N) is 1. The van der Waals surface area contributed by atoms with E-state index in [0.29, 0.717) is 24.1 Å². The minimum atomic E-state index is -0.523. The summed E-state index contributed by atoms with van der Waals surface area (Å²) in [6.07, 6.45) is 3.35. The Morgan fingerprint density at radius 3 is 2.76 bits per heavy atom. The molecule has 1 aromatic heterocycles. The van der Waals surface area contributed by atoms with Gasteiger partial charge in [0, 0.05) is 5.39 Å². The first-order valence-corrected chi connectivity index (χ1v) is 10.2. The van der Waals surface area contributed by atoms with Crippen LogP contribution in [0.1, 0.15) is 47.3 Å². The molecule has 6 heteroatoms. The largest absolute Gasteiger partial charge is 0.391 e. The molecule has 2 aromatic carbocycles. The molecule has 29 heavy (non-hydrogen) atoms. The van der Waals surface area contributed by atoms with Crippen LogP contribution in [0.25, 0.3) is 10.9 Å². The van der Waals surface area contributed by atoms with Crippen molar-refractivity contribution in [2.45, 2.75) is 44.2 Å². The number of fused-ring (bicyclic) bond motifs is 1. The van der Waals surface area contributed by atoms with Gasteiger partial charge in [0.15, 0.2) is 0 Å². The number of carbonyl (C=O) groups excluding carboxylic acids is 1. The second-order valence-electron chi connectivity index (χ2n) is 7.54. The lowest BCUT2D eigenvalue weighted by atomic mass is 9.92. The van der Waals surface area contributed by atoms with Gasteiger partial charge >= 0.3 is 0 Å². The van der Waals surface area contributed by atoms with E-state index in [1.807, 2.05) is 24.3 Å². The predicted octanol–water partition coefficient (Wildman–Crippen LogP) is 4.65. The first-order valence-electron chi connectivity index (χ1n) is 9.83. The molecule has 0 unspecified atom stereocenters. The molecule has 4 rings (SSSR count). The van der Waals surface area contributed by atoms with Crippen molar-refractivity contribution >= 4 is 28.4 Å². The third-order valence-corrected chi connectivity index (χ3v) is 5.77. The molecule has 1 aliphatic rings. The van der Waals surface area contributed by atoms with Crippen LogP contribution in [-0.2, 0) is 6.42 Å². The maximum absolute atomic E-state index is 13.9. The van der Waals surface area contributed by atoms with Gasteiger partial charge in [-0.1, -0.05) is 48.7 Å². The summed E-state index contributed by atoms with van der Waals surface area (Å²) >= 11 is 5.79. The predicted molar refractivity (Wildman–Crippen MR) is 112 cm³/mol. The number of amides is 1. The van der Waals surface area contributed by atoms with Crippen molar-refractivity contribution in [3.05, 3.63) is 76.2 Å². The van der Waals surface area contributed by atoms with Crippen molar-refractivity contribution in [2.75, 3.05) is 0 Å². The van der Waals surface area contributed by atoms with Crippen LogP contribution in [0.3, 0.4) is 0 Å². The minimum Gasteiger partial charge on any atom is -0.391 e. The monoisotopic (exact) mass is 412 g/mol. The number of aliphatic hydroxyl groups is 1. The van der Waals surface area contributed by atoms with E-state index in [1.54, 1.807) is 12.1 Å². The lowest BCUT2D eigenvalue weighted by molar-refractivity contribution is 0.0714. The van der Waals surface area contributed by atoms with Gasteiger partial charge in [-0.3, -0.25) is 4.79 Å². The average Bonchev–Trinajstić information content (AvgIpc) is 2.72. The summed E-state index contributed by atoms with van der Waals surface area (Å²) in [5.41, 5.74) is 2.64. The zero-order valence-electron chi connectivity index (χ0n) is 15.9. The molecule has 3 aromatic rings. The van der Waals surface area contributed by atoms with Gasteiger partial charge in [0.2, 0.25) is 0 Å². The fourth-order valence-electron chi connectivity index (χ4n) is 3.90. The zero-order valence-corrected chi connectivity index (χ0v) is 16.6. The van der Waals surface area contributed by atoms with Crippen LogP contribution in [0.2, 0.25) is 5.02 Å². The topological polar surface area (TPSA) is 62.2 Å². The summed E-state index contributed by atoms with van der Waals surface area (Å²) in [6, 6.07) is 13.8. The number of carbonyl (C=O) groups is 1. The number of halogens is 2. The summed E-state index contributed by atoms with van der Waals surface area (Å²) in [6.45, 7) is 0. The van der Waals surface area contributed by atoms with Gasteiger partial charge in [0.25, 0.3) is 5.91 Å². The van der Waals surface area contributed by atoms with Crippen molar-refractivity contribution in [1.82, 2.24) is 10.3 Å². The fraction of sp³-hybridized carbons (Fsp3) is 0.304. The number of benzene rings is 2. The SMILES string of the molecule is O=C(N[C@H]1CCCC[C@@H]1O)c1cc(Cc2ccc(Cl)c(F)c2)c2ccccc2n1. The van der Waals surface area contributed by atoms with Crippen LogP contribution >= 0.6 is 11.6 Å². The number of nitrogens with zero attached hydrogens (tertiary/aromatic N) is 1. The lowest BCUT2D eigenvalue weighted by Crippen LogP contribution is -2.45. The first kappa shape index (κ1) is 19.8. The molecule has 0 saturated heterocycles. The Labute approximate surface area is 173 Å². The normalized spacial score (nSPS) is 19.3. The third kappa shape index (κ3) is 4.41. The minimum absolute atomic E-state index is 0.0828. The fourth-order valence-corrected chi connectivity index (χ4v) is 4.02. The van der Waals surface area contributed by atoms with Crippen molar-refractivity contribution in [1.29, 1.82) is 0 Å². The van der Waals surface area contributed by atoms with E-state index in [9.17, 15) is 14.3 Å². The molecule has 0 radical (unpaired) electrons. The van der Waals surface area contributed by atoms with Gasteiger partial charge in [-0.25, -0.2) is 9.37 Å². The summed E-state index contributed by atoms with van der Waals surface area (Å²) in [4.78, 5) is 17.4. The van der Waals surface area contributed by atoms with Gasteiger partial charge in [-0.15, -0.1) is 0 Å². The molecule has 2 N–H and O–H groups in total. The third-order valence-electron chi connectivity index (χ3n) is 5.46. The van der Waals surface area contributed by atoms with Crippen molar-refractivity contribution in [3.63, 3.8) is 0 Å². The standard InChI is InChI=1S/C23H22ClFN2O2/c24-17-10-9-14(12-18(17)25)11-15-13-21(26-19-6-2-1-5-16(15)19)23(29)27-20-7-3-4-8-22(20)28/h1-2,5-6,9-10,12-13,20,22,28H,3-4,7-8,11H2,(H,27,29)/t20-,22-/m0/s1. The number of aliphatic hydroxyl groups excluding tert-OH is 1. The highest BCUT2D eigenvalue weighted by atomic mass is 35.5. The second kappa shape index (κ2) is 8.47. The molecule has 4 nitrogen and oxygen atoms in total. The molecule has 1 aliphatic carbocycles. The second-order valence-corrected chi connectivity index (χ2v) is 7.95. The van der Waals surface area contributed by atoms with Crippen LogP contribution in [0, 0.1) is 5.82 Å². The summed E-state index contributed by atoms with van der Waals surface area (Å²) in [5.74, 6) is -0.767. The Hall–Kier alpha value is -2.50. The van der Waals surface area contributed by atoms with Crippen molar-refractivity contribution < 1.29 is 14.3 Å². The molecule has 0 bridgehead atoms. The quantitative estimate of drug-likeness (QED) is 0.655. The van der Waals surface area contributed by atoms with Gasteiger partial charge in [0.1, 0.15) is 11.5 Å². The maximum atomic E-state index is 13.9. The van der Waals surface area contributed by atoms with E-state index in [1.165, 1.54) is 12.1 Å². The highest BCUT2D eigenvalue weighted by molar-refractivity contribution is 6.30. The van der Waals surface area contributed by atoms with E-state index in [2.05, 4.69) is 10.3 Å². The van der Waals surface area contributed by atoms with Crippen LogP contribution in [0.4, 0.5) is 4.39 Å². The summed E-state index contributed by atoms with van der Waals surface area (Å²) in [7, 11) is 0. The number of aromatic nitrogens is 1. The van der Waals surface area contributed by atoms with E-state index >= 15 is 0 Å². The Balaban J connectivity index is 1.66. The molecule has 1 fully saturated rings. The number of rotatable bonds is 4.